The first-order valence-corrected chi connectivity index (χ1v) is 9.79. The third-order valence-corrected chi connectivity index (χ3v) is 5.83. The van der Waals surface area contributed by atoms with E-state index in [1.807, 2.05) is 46.9 Å². The van der Waals surface area contributed by atoms with Crippen LogP contribution in [-0.2, 0) is 11.2 Å². The van der Waals surface area contributed by atoms with Gasteiger partial charge in [0, 0.05) is 5.69 Å². The van der Waals surface area contributed by atoms with Crippen molar-refractivity contribution in [2.24, 2.45) is 0 Å². The number of nitrogens with zero attached hydrogens (tertiary/aromatic N) is 3. The van der Waals surface area contributed by atoms with Crippen LogP contribution in [0.3, 0.4) is 0 Å². The summed E-state index contributed by atoms with van der Waals surface area (Å²) in [4.78, 5) is 13.1. The van der Waals surface area contributed by atoms with Gasteiger partial charge in [0.15, 0.2) is 5.16 Å². The summed E-state index contributed by atoms with van der Waals surface area (Å²) in [5.41, 5.74) is 3.14. The molecule has 0 spiro atoms. The lowest BCUT2D eigenvalue weighted by atomic mass is 10.1. The highest BCUT2D eigenvalue weighted by Gasteiger charge is 2.14. The van der Waals surface area contributed by atoms with E-state index in [2.05, 4.69) is 28.5 Å². The summed E-state index contributed by atoms with van der Waals surface area (Å²) < 4.78 is 3.17. The lowest BCUT2D eigenvalue weighted by Crippen LogP contribution is -2.14. The van der Waals surface area contributed by atoms with Gasteiger partial charge in [0.1, 0.15) is 0 Å². The zero-order valence-corrected chi connectivity index (χ0v) is 15.2. The lowest BCUT2D eigenvalue weighted by Gasteiger charge is -2.05. The van der Waals surface area contributed by atoms with E-state index in [4.69, 9.17) is 0 Å². The molecule has 4 aromatic rings. The normalized spacial score (nSPS) is 11.2. The molecule has 7 heteroatoms. The quantitative estimate of drug-likeness (QED) is 0.535. The molecule has 0 saturated carbocycles. The predicted molar refractivity (Wildman–Crippen MR) is 104 cm³/mol. The van der Waals surface area contributed by atoms with Crippen molar-refractivity contribution in [1.29, 1.82) is 0 Å². The van der Waals surface area contributed by atoms with Crippen molar-refractivity contribution in [3.8, 4) is 0 Å². The van der Waals surface area contributed by atoms with Gasteiger partial charge in [0.25, 0.3) is 0 Å². The van der Waals surface area contributed by atoms with Gasteiger partial charge in [0.05, 0.1) is 16.0 Å². The fraction of sp³-hybridized carbons (Fsp3) is 0.167. The average molecular weight is 368 g/mol. The molecule has 0 fully saturated rings. The van der Waals surface area contributed by atoms with Gasteiger partial charge in [-0.2, -0.15) is 0 Å². The van der Waals surface area contributed by atoms with Crippen molar-refractivity contribution >= 4 is 49.9 Å². The van der Waals surface area contributed by atoms with Gasteiger partial charge in [-0.1, -0.05) is 54.3 Å². The highest BCUT2D eigenvalue weighted by atomic mass is 32.2. The third-order valence-electron chi connectivity index (χ3n) is 3.89. The Balaban J connectivity index is 1.47. The topological polar surface area (TPSA) is 59.3 Å². The summed E-state index contributed by atoms with van der Waals surface area (Å²) in [7, 11) is 0. The fourth-order valence-corrected chi connectivity index (χ4v) is 4.37. The first kappa shape index (κ1) is 16.1. The number of amides is 1. The highest BCUT2D eigenvalue weighted by molar-refractivity contribution is 7.99. The van der Waals surface area contributed by atoms with E-state index in [1.165, 1.54) is 17.3 Å². The molecule has 0 atom stereocenters. The van der Waals surface area contributed by atoms with Gasteiger partial charge in [0.2, 0.25) is 10.9 Å². The molecule has 2 aromatic heterocycles. The number of aromatic nitrogens is 3. The number of aryl methyl sites for hydroxylation is 1. The standard InChI is InChI=1S/C18H16N4OS2/c1-2-12-7-9-13(10-8-12)19-16(23)11-24-17-20-21-18-22(17)14-5-3-4-6-15(14)25-18/h3-10H,2,11H2,1H3,(H,19,23). The zero-order chi connectivity index (χ0) is 17.2. The van der Waals surface area contributed by atoms with Gasteiger partial charge in [-0.25, -0.2) is 0 Å². The fourth-order valence-electron chi connectivity index (χ4n) is 2.60. The Bertz CT molecular complexity index is 1040. The smallest absolute Gasteiger partial charge is 0.234 e. The van der Waals surface area contributed by atoms with Crippen LogP contribution >= 0.6 is 23.1 Å². The monoisotopic (exact) mass is 368 g/mol. The van der Waals surface area contributed by atoms with E-state index >= 15 is 0 Å². The first-order chi connectivity index (χ1) is 12.2. The van der Waals surface area contributed by atoms with Crippen LogP contribution in [0.25, 0.3) is 15.2 Å². The molecule has 126 valence electrons. The summed E-state index contributed by atoms with van der Waals surface area (Å²) in [5.74, 6) is 0.242. The van der Waals surface area contributed by atoms with E-state index in [-0.39, 0.29) is 5.91 Å². The Kier molecular flexibility index (Phi) is 4.42. The van der Waals surface area contributed by atoms with Crippen LogP contribution in [0.1, 0.15) is 12.5 Å². The SMILES string of the molecule is CCc1ccc(NC(=O)CSc2nnc3sc4ccccc4n23)cc1. The van der Waals surface area contributed by atoms with E-state index < -0.39 is 0 Å². The molecule has 5 nitrogen and oxygen atoms in total. The van der Waals surface area contributed by atoms with Gasteiger partial charge in [-0.05, 0) is 36.2 Å². The van der Waals surface area contributed by atoms with Crippen molar-refractivity contribution in [1.82, 2.24) is 14.6 Å². The number of anilines is 1. The minimum absolute atomic E-state index is 0.0504. The molecule has 1 N–H and O–H groups in total. The number of carbonyl (C=O) groups excluding carboxylic acids is 1. The lowest BCUT2D eigenvalue weighted by molar-refractivity contribution is -0.113. The summed E-state index contributed by atoms with van der Waals surface area (Å²) in [6.45, 7) is 2.11. The van der Waals surface area contributed by atoms with Crippen LogP contribution in [0, 0.1) is 0 Å². The maximum atomic E-state index is 12.2. The minimum Gasteiger partial charge on any atom is -0.325 e. The summed E-state index contributed by atoms with van der Waals surface area (Å²) >= 11 is 2.99. The molecule has 0 radical (unpaired) electrons. The van der Waals surface area contributed by atoms with Crippen LogP contribution in [-0.4, -0.2) is 26.3 Å². The third kappa shape index (κ3) is 3.25. The molecule has 2 heterocycles. The number of nitrogens with one attached hydrogen (secondary N) is 1. The Morgan fingerprint density at radius 2 is 1.96 bits per heavy atom. The van der Waals surface area contributed by atoms with Gasteiger partial charge >= 0.3 is 0 Å². The number of carbonyl (C=O) groups is 1. The number of rotatable bonds is 5. The number of hydrogen-bond acceptors (Lipinski definition) is 5. The molecule has 0 aliphatic rings. The largest absolute Gasteiger partial charge is 0.325 e. The second-order valence-corrected chi connectivity index (χ2v) is 7.51. The second kappa shape index (κ2) is 6.85. The van der Waals surface area contributed by atoms with Crippen molar-refractivity contribution in [2.75, 3.05) is 11.1 Å². The van der Waals surface area contributed by atoms with E-state index in [9.17, 15) is 4.79 Å². The van der Waals surface area contributed by atoms with Crippen LogP contribution in [0.4, 0.5) is 5.69 Å². The molecule has 2 aromatic carbocycles. The van der Waals surface area contributed by atoms with Crippen molar-refractivity contribution in [3.63, 3.8) is 0 Å². The van der Waals surface area contributed by atoms with E-state index in [0.717, 1.165) is 32.4 Å². The maximum absolute atomic E-state index is 12.2. The average Bonchev–Trinajstić information content (AvgIpc) is 3.20. The number of thiazole rings is 1. The molecular weight excluding hydrogens is 352 g/mol. The summed E-state index contributed by atoms with van der Waals surface area (Å²) in [6, 6.07) is 16.0. The molecule has 0 saturated heterocycles. The Morgan fingerprint density at radius 1 is 1.16 bits per heavy atom. The van der Waals surface area contributed by atoms with Crippen molar-refractivity contribution < 1.29 is 4.79 Å². The summed E-state index contributed by atoms with van der Waals surface area (Å²) in [5, 5.41) is 12.1. The number of fused-ring (bicyclic) bond motifs is 3. The summed E-state index contributed by atoms with van der Waals surface area (Å²) in [6.07, 6.45) is 0.988. The molecule has 0 unspecified atom stereocenters. The van der Waals surface area contributed by atoms with Crippen molar-refractivity contribution in [3.05, 3.63) is 54.1 Å². The molecular formula is C18H16N4OS2. The zero-order valence-electron chi connectivity index (χ0n) is 13.6. The van der Waals surface area contributed by atoms with E-state index in [0.29, 0.717) is 5.75 Å². The molecule has 0 aliphatic heterocycles. The van der Waals surface area contributed by atoms with Crippen LogP contribution in [0.5, 0.6) is 0 Å². The number of benzene rings is 2. The van der Waals surface area contributed by atoms with Crippen LogP contribution in [0.15, 0.2) is 53.7 Å². The maximum Gasteiger partial charge on any atom is 0.234 e. The predicted octanol–water partition coefficient (Wildman–Crippen LogP) is 4.24. The number of thioether (sulfide) groups is 1. The molecule has 25 heavy (non-hydrogen) atoms. The molecule has 0 aliphatic carbocycles. The second-order valence-electron chi connectivity index (χ2n) is 5.56. The molecule has 1 amide bonds. The van der Waals surface area contributed by atoms with Crippen LogP contribution < -0.4 is 5.32 Å². The number of para-hydroxylation sites is 1. The highest BCUT2D eigenvalue weighted by Crippen LogP contribution is 2.29. The molecule has 4 rings (SSSR count). The van der Waals surface area contributed by atoms with E-state index in [1.54, 1.807) is 11.3 Å². The minimum atomic E-state index is -0.0504. The van der Waals surface area contributed by atoms with Gasteiger partial charge in [-0.15, -0.1) is 10.2 Å². The van der Waals surface area contributed by atoms with Crippen molar-refractivity contribution in [2.45, 2.75) is 18.5 Å². The Morgan fingerprint density at radius 3 is 2.76 bits per heavy atom. The first-order valence-electron chi connectivity index (χ1n) is 7.99. The number of hydrogen-bond donors (Lipinski definition) is 1. The van der Waals surface area contributed by atoms with Crippen LogP contribution in [0.2, 0.25) is 0 Å². The molecule has 0 bridgehead atoms. The Hall–Kier alpha value is -2.38. The Labute approximate surface area is 153 Å². The van der Waals surface area contributed by atoms with Gasteiger partial charge in [-0.3, -0.25) is 9.20 Å². The van der Waals surface area contributed by atoms with Gasteiger partial charge < -0.3 is 5.32 Å².